The van der Waals surface area contributed by atoms with E-state index in [0.29, 0.717) is 35.2 Å². The van der Waals surface area contributed by atoms with Gasteiger partial charge in [-0.2, -0.15) is 0 Å². The van der Waals surface area contributed by atoms with Crippen molar-refractivity contribution in [3.8, 4) is 0 Å². The van der Waals surface area contributed by atoms with Gasteiger partial charge in [-0.25, -0.2) is 9.18 Å². The van der Waals surface area contributed by atoms with E-state index in [1.807, 2.05) is 0 Å². The molecule has 4 rings (SSSR count). The number of fused-ring (bicyclic) bond motifs is 1. The minimum Gasteiger partial charge on any atom is -0.408 e. The lowest BCUT2D eigenvalue weighted by Crippen LogP contribution is -2.46. The van der Waals surface area contributed by atoms with Crippen LogP contribution < -0.4 is 11.1 Å². The standard InChI is InChI=1S/C18H15FN2O3/c19-12-4-1-3-11(9-12)18(7-2-8-18)16(22)20-13-5-6-15-14(10-13)21-17(23)24-15/h1,3-6,9-10H,2,7-8H2,(H,20,22)(H,21,23). The molecule has 1 saturated carbocycles. The number of rotatable bonds is 3. The summed E-state index contributed by atoms with van der Waals surface area (Å²) in [5.74, 6) is -1.04. The van der Waals surface area contributed by atoms with E-state index in [-0.39, 0.29) is 11.7 Å². The van der Waals surface area contributed by atoms with Crippen molar-refractivity contribution in [1.29, 1.82) is 0 Å². The number of hydrogen-bond acceptors (Lipinski definition) is 3. The molecule has 3 aromatic rings. The van der Waals surface area contributed by atoms with Crippen LogP contribution in [0.1, 0.15) is 24.8 Å². The van der Waals surface area contributed by atoms with Crippen LogP contribution in [-0.4, -0.2) is 10.9 Å². The second-order valence-corrected chi connectivity index (χ2v) is 6.13. The third-order valence-corrected chi connectivity index (χ3v) is 4.70. The van der Waals surface area contributed by atoms with Crippen LogP contribution in [0.5, 0.6) is 0 Å². The SMILES string of the molecule is O=C(Nc1ccc2oc(=O)[nH]c2c1)C1(c2cccc(F)c2)CCC1. The van der Waals surface area contributed by atoms with Crippen molar-refractivity contribution in [2.75, 3.05) is 5.32 Å². The summed E-state index contributed by atoms with van der Waals surface area (Å²) in [5, 5.41) is 2.88. The van der Waals surface area contributed by atoms with E-state index in [4.69, 9.17) is 4.42 Å². The summed E-state index contributed by atoms with van der Waals surface area (Å²) < 4.78 is 18.5. The van der Waals surface area contributed by atoms with Crippen molar-refractivity contribution in [3.63, 3.8) is 0 Å². The van der Waals surface area contributed by atoms with Gasteiger partial charge in [0.15, 0.2) is 5.58 Å². The maximum Gasteiger partial charge on any atom is 0.417 e. The number of halogens is 1. The lowest BCUT2D eigenvalue weighted by Gasteiger charge is -2.40. The van der Waals surface area contributed by atoms with Crippen molar-refractivity contribution in [1.82, 2.24) is 4.98 Å². The van der Waals surface area contributed by atoms with Gasteiger partial charge < -0.3 is 9.73 Å². The number of anilines is 1. The Morgan fingerprint density at radius 1 is 1.21 bits per heavy atom. The molecule has 0 bridgehead atoms. The summed E-state index contributed by atoms with van der Waals surface area (Å²) >= 11 is 0. The highest BCUT2D eigenvalue weighted by molar-refractivity contribution is 6.00. The number of H-pyrrole nitrogens is 1. The number of aromatic nitrogens is 1. The van der Waals surface area contributed by atoms with E-state index in [1.54, 1.807) is 30.3 Å². The monoisotopic (exact) mass is 326 g/mol. The molecule has 0 unspecified atom stereocenters. The zero-order chi connectivity index (χ0) is 16.7. The van der Waals surface area contributed by atoms with Crippen molar-refractivity contribution in [2.45, 2.75) is 24.7 Å². The number of oxazole rings is 1. The van der Waals surface area contributed by atoms with Crippen molar-refractivity contribution in [3.05, 3.63) is 64.4 Å². The third-order valence-electron chi connectivity index (χ3n) is 4.70. The van der Waals surface area contributed by atoms with E-state index in [0.717, 1.165) is 6.42 Å². The number of hydrogen-bond donors (Lipinski definition) is 2. The number of benzene rings is 2. The predicted octanol–water partition coefficient (Wildman–Crippen LogP) is 3.32. The van der Waals surface area contributed by atoms with Crippen LogP contribution in [0.15, 0.2) is 51.7 Å². The molecule has 6 heteroatoms. The number of amides is 1. The zero-order valence-electron chi connectivity index (χ0n) is 12.8. The molecule has 1 fully saturated rings. The molecule has 0 atom stereocenters. The lowest BCUT2D eigenvalue weighted by atomic mass is 9.63. The van der Waals surface area contributed by atoms with Crippen LogP contribution in [0, 0.1) is 5.82 Å². The Balaban J connectivity index is 1.65. The largest absolute Gasteiger partial charge is 0.417 e. The molecular formula is C18H15FN2O3. The molecule has 2 N–H and O–H groups in total. The molecule has 1 aliphatic carbocycles. The van der Waals surface area contributed by atoms with Crippen LogP contribution in [-0.2, 0) is 10.2 Å². The number of carbonyl (C=O) groups is 1. The Kier molecular flexibility index (Phi) is 3.26. The average Bonchev–Trinajstić information content (AvgIpc) is 2.85. The Morgan fingerprint density at radius 2 is 2.04 bits per heavy atom. The topological polar surface area (TPSA) is 75.1 Å². The van der Waals surface area contributed by atoms with Gasteiger partial charge in [0.2, 0.25) is 5.91 Å². The van der Waals surface area contributed by atoms with Gasteiger partial charge >= 0.3 is 5.76 Å². The molecule has 0 spiro atoms. The van der Waals surface area contributed by atoms with Crippen LogP contribution in [0.3, 0.4) is 0 Å². The van der Waals surface area contributed by atoms with Crippen molar-refractivity contribution in [2.24, 2.45) is 0 Å². The molecule has 0 aliphatic heterocycles. The Morgan fingerprint density at radius 3 is 2.75 bits per heavy atom. The summed E-state index contributed by atoms with van der Waals surface area (Å²) in [5.41, 5.74) is 1.52. The molecule has 0 saturated heterocycles. The van der Waals surface area contributed by atoms with E-state index in [2.05, 4.69) is 10.3 Å². The highest BCUT2D eigenvalue weighted by Crippen LogP contribution is 2.44. The summed E-state index contributed by atoms with van der Waals surface area (Å²) in [4.78, 5) is 26.6. The molecule has 1 heterocycles. The van der Waals surface area contributed by atoms with Crippen molar-refractivity contribution < 1.29 is 13.6 Å². The number of carbonyl (C=O) groups excluding carboxylic acids is 1. The van der Waals surface area contributed by atoms with E-state index >= 15 is 0 Å². The first-order valence-corrected chi connectivity index (χ1v) is 7.77. The van der Waals surface area contributed by atoms with Gasteiger partial charge in [-0.1, -0.05) is 18.6 Å². The van der Waals surface area contributed by atoms with Crippen LogP contribution in [0.4, 0.5) is 10.1 Å². The van der Waals surface area contributed by atoms with Crippen LogP contribution >= 0.6 is 0 Å². The van der Waals surface area contributed by atoms with Crippen molar-refractivity contribution >= 4 is 22.7 Å². The molecule has 0 radical (unpaired) electrons. The highest BCUT2D eigenvalue weighted by atomic mass is 19.1. The molecule has 1 aromatic heterocycles. The van der Waals surface area contributed by atoms with E-state index in [9.17, 15) is 14.0 Å². The fourth-order valence-corrected chi connectivity index (χ4v) is 3.24. The van der Waals surface area contributed by atoms with Gasteiger partial charge in [-0.05, 0) is 48.7 Å². The van der Waals surface area contributed by atoms with Crippen LogP contribution in [0.2, 0.25) is 0 Å². The molecule has 5 nitrogen and oxygen atoms in total. The van der Waals surface area contributed by atoms with Gasteiger partial charge in [-0.3, -0.25) is 9.78 Å². The van der Waals surface area contributed by atoms with Gasteiger partial charge in [0.1, 0.15) is 5.82 Å². The quantitative estimate of drug-likeness (QED) is 0.775. The molecular weight excluding hydrogens is 311 g/mol. The van der Waals surface area contributed by atoms with Gasteiger partial charge in [0.05, 0.1) is 10.9 Å². The second kappa shape index (κ2) is 5.33. The van der Waals surface area contributed by atoms with Gasteiger partial charge in [0, 0.05) is 5.69 Å². The highest BCUT2D eigenvalue weighted by Gasteiger charge is 2.45. The van der Waals surface area contributed by atoms with E-state index < -0.39 is 11.2 Å². The predicted molar refractivity (Wildman–Crippen MR) is 87.4 cm³/mol. The Labute approximate surface area is 136 Å². The Hall–Kier alpha value is -2.89. The summed E-state index contributed by atoms with van der Waals surface area (Å²) in [6.45, 7) is 0. The maximum absolute atomic E-state index is 13.5. The van der Waals surface area contributed by atoms with Gasteiger partial charge in [0.25, 0.3) is 0 Å². The summed E-state index contributed by atoms with van der Waals surface area (Å²) in [6, 6.07) is 11.2. The molecule has 1 amide bonds. The second-order valence-electron chi connectivity index (χ2n) is 6.13. The molecule has 24 heavy (non-hydrogen) atoms. The number of aromatic amines is 1. The smallest absolute Gasteiger partial charge is 0.408 e. The fourth-order valence-electron chi connectivity index (χ4n) is 3.24. The zero-order valence-corrected chi connectivity index (χ0v) is 12.8. The van der Waals surface area contributed by atoms with Crippen LogP contribution in [0.25, 0.3) is 11.1 Å². The lowest BCUT2D eigenvalue weighted by molar-refractivity contribution is -0.124. The Bertz CT molecular complexity index is 985. The molecule has 1 aliphatic rings. The average molecular weight is 326 g/mol. The minimum atomic E-state index is -0.694. The first kappa shape index (κ1) is 14.7. The maximum atomic E-state index is 13.5. The summed E-state index contributed by atoms with van der Waals surface area (Å²) in [6.07, 6.45) is 2.30. The fraction of sp³-hybridized carbons (Fsp3) is 0.222. The summed E-state index contributed by atoms with van der Waals surface area (Å²) in [7, 11) is 0. The number of nitrogens with one attached hydrogen (secondary N) is 2. The first-order chi connectivity index (χ1) is 11.6. The molecule has 122 valence electrons. The minimum absolute atomic E-state index is 0.162. The third kappa shape index (κ3) is 2.31. The normalized spacial score (nSPS) is 15.9. The first-order valence-electron chi connectivity index (χ1n) is 7.77. The van der Waals surface area contributed by atoms with Gasteiger partial charge in [-0.15, -0.1) is 0 Å². The molecule has 2 aromatic carbocycles. The van der Waals surface area contributed by atoms with E-state index in [1.165, 1.54) is 12.1 Å².